The van der Waals surface area contributed by atoms with Crippen molar-refractivity contribution in [2.24, 2.45) is 17.3 Å². The van der Waals surface area contributed by atoms with Crippen LogP contribution in [0.1, 0.15) is 88.0 Å². The molecule has 0 aromatic rings. The molecule has 0 aliphatic heterocycles. The van der Waals surface area contributed by atoms with Crippen LogP contribution in [0.15, 0.2) is 11.1 Å². The summed E-state index contributed by atoms with van der Waals surface area (Å²) < 4.78 is 11.8. The molecule has 0 rings (SSSR count). The molecule has 0 fully saturated rings. The van der Waals surface area contributed by atoms with Crippen LogP contribution in [0.2, 0.25) is 0 Å². The molecule has 0 heterocycles. The summed E-state index contributed by atoms with van der Waals surface area (Å²) in [6, 6.07) is 0. The van der Waals surface area contributed by atoms with Gasteiger partial charge in [-0.1, -0.05) is 47.1 Å². The summed E-state index contributed by atoms with van der Waals surface area (Å²) in [5, 5.41) is 0. The number of nitrogens with zero attached hydrogens (tertiary/aromatic N) is 2. The maximum absolute atomic E-state index is 12.4. The molecular weight excluding hydrogens is 428 g/mol. The Balaban J connectivity index is 4.22. The quantitative estimate of drug-likeness (QED) is 0.201. The van der Waals surface area contributed by atoms with Crippen LogP contribution in [0.5, 0.6) is 0 Å². The molecule has 6 nitrogen and oxygen atoms in total. The first-order valence-corrected chi connectivity index (χ1v) is 13.0. The lowest BCUT2D eigenvalue weighted by atomic mass is 9.85. The first kappa shape index (κ1) is 32.6. The molecule has 0 N–H and O–H groups in total. The van der Waals surface area contributed by atoms with Crippen LogP contribution in [0, 0.1) is 17.3 Å². The standard InChI is InChI=1S/C28H54N2O4/c1-21(2)16-26(31)30(11)19-23(5)24(6)20-33-14-12-25(7)34-15-13-28(8,9)17-27(32)29(10)18-22(3)4/h21-22,25H,12-20H2,1-11H3/b24-23-. The van der Waals surface area contributed by atoms with E-state index in [0.717, 1.165) is 19.4 Å². The number of rotatable bonds is 17. The highest BCUT2D eigenvalue weighted by Gasteiger charge is 2.24. The third-order valence-corrected chi connectivity index (χ3v) is 6.07. The van der Waals surface area contributed by atoms with E-state index >= 15 is 0 Å². The Hall–Kier alpha value is -1.40. The number of hydrogen-bond acceptors (Lipinski definition) is 4. The van der Waals surface area contributed by atoms with E-state index in [0.29, 0.717) is 51.0 Å². The Morgan fingerprint density at radius 2 is 1.47 bits per heavy atom. The van der Waals surface area contributed by atoms with Gasteiger partial charge >= 0.3 is 0 Å². The molecule has 0 spiro atoms. The zero-order valence-corrected chi connectivity index (χ0v) is 24.1. The van der Waals surface area contributed by atoms with Crippen LogP contribution in [0.4, 0.5) is 0 Å². The SMILES string of the molecule is C/C(COCCC(C)OCCC(C)(C)CC(=O)N(C)CC(C)C)=C(\C)CN(C)C(=O)CC(C)C. The van der Waals surface area contributed by atoms with Gasteiger partial charge in [0.25, 0.3) is 0 Å². The molecule has 0 aromatic carbocycles. The lowest BCUT2D eigenvalue weighted by Gasteiger charge is -2.28. The molecule has 200 valence electrons. The fraction of sp³-hybridized carbons (Fsp3) is 0.857. The van der Waals surface area contributed by atoms with Gasteiger partial charge in [0.1, 0.15) is 0 Å². The number of hydrogen-bond donors (Lipinski definition) is 0. The molecule has 0 saturated carbocycles. The van der Waals surface area contributed by atoms with E-state index in [2.05, 4.69) is 62.3 Å². The monoisotopic (exact) mass is 482 g/mol. The predicted molar refractivity (Wildman–Crippen MR) is 142 cm³/mol. The van der Waals surface area contributed by atoms with Gasteiger partial charge in [0.05, 0.1) is 12.7 Å². The number of ether oxygens (including phenoxy) is 2. The van der Waals surface area contributed by atoms with Crippen molar-refractivity contribution < 1.29 is 19.1 Å². The summed E-state index contributed by atoms with van der Waals surface area (Å²) in [6.45, 7) is 22.1. The van der Waals surface area contributed by atoms with E-state index in [4.69, 9.17) is 9.47 Å². The van der Waals surface area contributed by atoms with Crippen molar-refractivity contribution in [1.82, 2.24) is 9.80 Å². The van der Waals surface area contributed by atoms with Crippen LogP contribution in [0.25, 0.3) is 0 Å². The van der Waals surface area contributed by atoms with Crippen LogP contribution < -0.4 is 0 Å². The largest absolute Gasteiger partial charge is 0.378 e. The molecule has 34 heavy (non-hydrogen) atoms. The van der Waals surface area contributed by atoms with Gasteiger partial charge in [-0.3, -0.25) is 9.59 Å². The Morgan fingerprint density at radius 1 is 0.853 bits per heavy atom. The summed E-state index contributed by atoms with van der Waals surface area (Å²) in [4.78, 5) is 28.2. The van der Waals surface area contributed by atoms with E-state index in [1.807, 2.05) is 19.0 Å². The van der Waals surface area contributed by atoms with Crippen molar-refractivity contribution in [3.8, 4) is 0 Å². The molecule has 0 aliphatic carbocycles. The second-order valence-electron chi connectivity index (χ2n) is 11.7. The fourth-order valence-corrected chi connectivity index (χ4v) is 3.58. The molecule has 2 amide bonds. The van der Waals surface area contributed by atoms with E-state index in [1.54, 1.807) is 4.90 Å². The van der Waals surface area contributed by atoms with Gasteiger partial charge < -0.3 is 19.3 Å². The molecule has 0 aliphatic rings. The number of carbonyl (C=O) groups excluding carboxylic acids is 2. The minimum Gasteiger partial charge on any atom is -0.378 e. The lowest BCUT2D eigenvalue weighted by Crippen LogP contribution is -2.34. The average Bonchev–Trinajstić information content (AvgIpc) is 2.69. The van der Waals surface area contributed by atoms with Crippen LogP contribution in [0.3, 0.4) is 0 Å². The lowest BCUT2D eigenvalue weighted by molar-refractivity contribution is -0.133. The Bertz CT molecular complexity index is 640. The van der Waals surface area contributed by atoms with Crippen molar-refractivity contribution in [2.75, 3.05) is 47.0 Å². The third kappa shape index (κ3) is 15.5. The van der Waals surface area contributed by atoms with E-state index in [9.17, 15) is 9.59 Å². The molecule has 0 aromatic heterocycles. The minimum absolute atomic E-state index is 0.0817. The summed E-state index contributed by atoms with van der Waals surface area (Å²) >= 11 is 0. The summed E-state index contributed by atoms with van der Waals surface area (Å²) in [6.07, 6.45) is 2.92. The average molecular weight is 483 g/mol. The summed E-state index contributed by atoms with van der Waals surface area (Å²) in [7, 11) is 3.75. The van der Waals surface area contributed by atoms with Gasteiger partial charge in [0, 0.05) is 53.2 Å². The number of carbonyl (C=O) groups is 2. The Morgan fingerprint density at radius 3 is 2.03 bits per heavy atom. The minimum atomic E-state index is -0.0817. The van der Waals surface area contributed by atoms with E-state index < -0.39 is 0 Å². The van der Waals surface area contributed by atoms with Crippen molar-refractivity contribution in [2.45, 2.75) is 94.1 Å². The maximum Gasteiger partial charge on any atom is 0.222 e. The van der Waals surface area contributed by atoms with E-state index in [-0.39, 0.29) is 23.3 Å². The van der Waals surface area contributed by atoms with Gasteiger partial charge in [-0.05, 0) is 56.4 Å². The molecule has 0 saturated heterocycles. The predicted octanol–water partition coefficient (Wildman–Crippen LogP) is 5.56. The number of likely N-dealkylation sites (N-methyl/N-ethyl adjacent to an activating group) is 1. The Kier molecular flexibility index (Phi) is 15.6. The van der Waals surface area contributed by atoms with Crippen LogP contribution >= 0.6 is 0 Å². The molecule has 1 unspecified atom stereocenters. The van der Waals surface area contributed by atoms with Crippen LogP contribution in [-0.2, 0) is 19.1 Å². The van der Waals surface area contributed by atoms with Gasteiger partial charge in [-0.15, -0.1) is 0 Å². The molecule has 1 atom stereocenters. The first-order valence-electron chi connectivity index (χ1n) is 13.0. The molecule has 0 radical (unpaired) electrons. The van der Waals surface area contributed by atoms with Crippen molar-refractivity contribution in [3.05, 3.63) is 11.1 Å². The zero-order valence-electron chi connectivity index (χ0n) is 24.1. The van der Waals surface area contributed by atoms with Crippen LogP contribution in [-0.4, -0.2) is 74.7 Å². The second-order valence-corrected chi connectivity index (χ2v) is 11.7. The fourth-order valence-electron chi connectivity index (χ4n) is 3.58. The van der Waals surface area contributed by atoms with Gasteiger partial charge in [0.2, 0.25) is 11.8 Å². The van der Waals surface area contributed by atoms with Crippen molar-refractivity contribution >= 4 is 11.8 Å². The first-order chi connectivity index (χ1) is 15.6. The van der Waals surface area contributed by atoms with Gasteiger partial charge in [-0.25, -0.2) is 0 Å². The smallest absolute Gasteiger partial charge is 0.222 e. The highest BCUT2D eigenvalue weighted by Crippen LogP contribution is 2.26. The number of amides is 2. The van der Waals surface area contributed by atoms with Gasteiger partial charge in [0.15, 0.2) is 0 Å². The molecular formula is C28H54N2O4. The van der Waals surface area contributed by atoms with E-state index in [1.165, 1.54) is 11.1 Å². The third-order valence-electron chi connectivity index (χ3n) is 6.07. The normalized spacial score (nSPS) is 13.8. The molecule has 0 bridgehead atoms. The topological polar surface area (TPSA) is 59.1 Å². The summed E-state index contributed by atoms with van der Waals surface area (Å²) in [5.41, 5.74) is 2.27. The van der Waals surface area contributed by atoms with Crippen molar-refractivity contribution in [3.63, 3.8) is 0 Å². The molecule has 6 heteroatoms. The highest BCUT2D eigenvalue weighted by atomic mass is 16.5. The summed E-state index contributed by atoms with van der Waals surface area (Å²) in [5.74, 6) is 1.24. The maximum atomic E-state index is 12.4. The Labute approximate surface area is 210 Å². The van der Waals surface area contributed by atoms with Crippen molar-refractivity contribution in [1.29, 1.82) is 0 Å². The zero-order chi connectivity index (χ0) is 26.5. The second kappa shape index (κ2) is 16.3. The van der Waals surface area contributed by atoms with Gasteiger partial charge in [-0.2, -0.15) is 0 Å². The highest BCUT2D eigenvalue weighted by molar-refractivity contribution is 5.76.